The third-order valence-corrected chi connectivity index (χ3v) is 14.3. The van der Waals surface area contributed by atoms with Crippen molar-refractivity contribution in [2.24, 2.45) is 5.41 Å². The Labute approximate surface area is 441 Å². The van der Waals surface area contributed by atoms with Crippen LogP contribution < -0.4 is 41.4 Å². The van der Waals surface area contributed by atoms with Crippen LogP contribution in [-0.2, 0) is 9.59 Å². The van der Waals surface area contributed by atoms with Crippen LogP contribution in [0.1, 0.15) is 41.4 Å². The molecule has 352 valence electrons. The summed E-state index contributed by atoms with van der Waals surface area (Å²) in [5.74, 6) is -4.50. The summed E-state index contributed by atoms with van der Waals surface area (Å²) in [5, 5.41) is 91.8. The van der Waals surface area contributed by atoms with Crippen molar-refractivity contribution >= 4 is 171 Å². The van der Waals surface area contributed by atoms with Gasteiger partial charge in [-0.25, -0.2) is 0 Å². The highest BCUT2D eigenvalue weighted by Crippen LogP contribution is 2.35. The molecule has 0 bridgehead atoms. The Bertz CT molecular complexity index is 1820. The van der Waals surface area contributed by atoms with Gasteiger partial charge in [-0.05, 0) is 148 Å². The van der Waals surface area contributed by atoms with Gasteiger partial charge in [-0.3, -0.25) is 28.8 Å². The molecule has 0 saturated heterocycles. The lowest BCUT2D eigenvalue weighted by Gasteiger charge is -2.31. The molecule has 14 N–H and O–H groups in total. The molecular weight excluding hydrogens is 1520 g/mol. The standard InChI is InChI=1S/C35H44I6N6O16/c36-23-17(29(56)44-7-15(54)9-50)5-19(25(38)21(23)31(58)42-1-3-48)62-27(40)33(60)46-11-35(13-52,14-53)12-47-34(61)28(41)63-20-6-18(30(57)45-8-16(55)10-51)24(37)22(26(20)39)32(59)43-2-4-49/h5-6,15-16,27-28,48-55H,1-4,7-14H2,(H,42,58)(H,43,59)(H,44,56)(H,45,57)(H,46,60)(H,47,61). The number of halogens is 6. The smallest absolute Gasteiger partial charge is 0.271 e. The molecule has 0 heterocycles. The van der Waals surface area contributed by atoms with Crippen LogP contribution in [0.5, 0.6) is 11.5 Å². The third kappa shape index (κ3) is 17.2. The van der Waals surface area contributed by atoms with Crippen molar-refractivity contribution in [3.8, 4) is 11.5 Å². The van der Waals surface area contributed by atoms with Crippen LogP contribution in [0.2, 0.25) is 0 Å². The van der Waals surface area contributed by atoms with Crippen molar-refractivity contribution in [1.82, 2.24) is 31.9 Å². The van der Waals surface area contributed by atoms with E-state index in [1.165, 1.54) is 12.1 Å². The normalized spacial score (nSPS) is 13.2. The minimum atomic E-state index is -1.54. The predicted molar refractivity (Wildman–Crippen MR) is 273 cm³/mol. The molecule has 4 unspecified atom stereocenters. The number of ether oxygens (including phenoxy) is 2. The second-order valence-corrected chi connectivity index (χ2v) is 19.6. The topological polar surface area (TPSA) is 355 Å². The number of aliphatic hydroxyl groups excluding tert-OH is 8. The molecule has 0 aliphatic rings. The van der Waals surface area contributed by atoms with Crippen LogP contribution in [0.4, 0.5) is 0 Å². The number of hydrogen-bond acceptors (Lipinski definition) is 16. The zero-order valence-corrected chi connectivity index (χ0v) is 45.5. The Kier molecular flexibility index (Phi) is 26.7. The maximum Gasteiger partial charge on any atom is 0.271 e. The minimum absolute atomic E-state index is 0.00600. The van der Waals surface area contributed by atoms with Gasteiger partial charge in [0.15, 0.2) is 0 Å². The summed E-state index contributed by atoms with van der Waals surface area (Å²) in [6.07, 6.45) is -2.52. The van der Waals surface area contributed by atoms with Crippen LogP contribution in [-0.4, -0.2) is 176 Å². The van der Waals surface area contributed by atoms with Gasteiger partial charge in [-0.1, -0.05) is 0 Å². The molecule has 0 radical (unpaired) electrons. The average Bonchev–Trinajstić information content (AvgIpc) is 3.27. The summed E-state index contributed by atoms with van der Waals surface area (Å²) >= 11 is 10.4. The van der Waals surface area contributed by atoms with Crippen LogP contribution in [0.25, 0.3) is 0 Å². The number of carbonyl (C=O) groups excluding carboxylic acids is 6. The van der Waals surface area contributed by atoms with E-state index in [2.05, 4.69) is 31.9 Å². The summed E-state index contributed by atoms with van der Waals surface area (Å²) < 4.78 is 9.88. The fraction of sp³-hybridized carbons (Fsp3) is 0.486. The molecule has 0 aliphatic carbocycles. The first-order valence-corrected chi connectivity index (χ1v) is 24.9. The molecule has 63 heavy (non-hydrogen) atoms. The van der Waals surface area contributed by atoms with Gasteiger partial charge in [-0.2, -0.15) is 0 Å². The van der Waals surface area contributed by atoms with Crippen molar-refractivity contribution in [2.45, 2.75) is 20.4 Å². The first-order valence-electron chi connectivity index (χ1n) is 18.1. The number of benzene rings is 2. The lowest BCUT2D eigenvalue weighted by molar-refractivity contribution is -0.125. The van der Waals surface area contributed by atoms with Gasteiger partial charge < -0.3 is 82.2 Å². The number of nitrogens with one attached hydrogen (secondary N) is 6. The first kappa shape index (κ1) is 58.0. The molecule has 0 fully saturated rings. The van der Waals surface area contributed by atoms with E-state index in [0.29, 0.717) is 0 Å². The van der Waals surface area contributed by atoms with Gasteiger partial charge in [0.1, 0.15) is 11.5 Å². The molecule has 22 nitrogen and oxygen atoms in total. The average molecular weight is 1570 g/mol. The van der Waals surface area contributed by atoms with Gasteiger partial charge >= 0.3 is 0 Å². The fourth-order valence-electron chi connectivity index (χ4n) is 4.76. The Morgan fingerprint density at radius 3 is 1.19 bits per heavy atom. The zero-order chi connectivity index (χ0) is 47.6. The third-order valence-electron chi connectivity index (χ3n) is 8.31. The number of aliphatic hydroxyl groups is 8. The number of hydrogen-bond donors (Lipinski definition) is 14. The maximum atomic E-state index is 13.3. The van der Waals surface area contributed by atoms with Gasteiger partial charge in [0.25, 0.3) is 35.4 Å². The van der Waals surface area contributed by atoms with Gasteiger partial charge in [0.2, 0.25) is 8.22 Å². The molecule has 2 aromatic carbocycles. The Balaban J connectivity index is 2.29. The molecule has 4 atom stereocenters. The SMILES string of the molecule is O=C(NCC(O)CO)c1cc(OC(I)C(=O)NCC(CO)(CO)CNC(=O)C(I)Oc2cc(C(=O)NCC(O)CO)c(I)c(C(=O)NCCO)c2I)c(I)c(C(=O)NCCO)c1I. The second kappa shape index (κ2) is 29.0. The second-order valence-electron chi connectivity index (χ2n) is 13.0. The largest absolute Gasteiger partial charge is 0.469 e. The van der Waals surface area contributed by atoms with E-state index in [1.807, 2.05) is 0 Å². The number of carbonyl (C=O) groups is 6. The highest BCUT2D eigenvalue weighted by atomic mass is 127. The van der Waals surface area contributed by atoms with E-state index < -0.39 is 101 Å². The number of rotatable bonds is 26. The van der Waals surface area contributed by atoms with Gasteiger partial charge in [0, 0.05) is 46.4 Å². The summed E-state index contributed by atoms with van der Waals surface area (Å²) in [4.78, 5) is 79.1. The Morgan fingerprint density at radius 1 is 0.540 bits per heavy atom. The zero-order valence-electron chi connectivity index (χ0n) is 32.6. The fourth-order valence-corrected chi connectivity index (χ4v) is 10.2. The van der Waals surface area contributed by atoms with E-state index in [0.717, 1.165) is 0 Å². The van der Waals surface area contributed by atoms with E-state index >= 15 is 0 Å². The quantitative estimate of drug-likeness (QED) is 0.0354. The van der Waals surface area contributed by atoms with Crippen LogP contribution in [0.3, 0.4) is 0 Å². The molecule has 2 rings (SSSR count). The Morgan fingerprint density at radius 2 is 0.889 bits per heavy atom. The van der Waals surface area contributed by atoms with Gasteiger partial charge in [-0.15, -0.1) is 0 Å². The molecule has 0 aliphatic heterocycles. The van der Waals surface area contributed by atoms with Crippen molar-refractivity contribution in [3.05, 3.63) is 48.7 Å². The van der Waals surface area contributed by atoms with Crippen LogP contribution in [0.15, 0.2) is 12.1 Å². The summed E-state index contributed by atoms with van der Waals surface area (Å²) in [7, 11) is 0. The van der Waals surface area contributed by atoms with Crippen molar-refractivity contribution in [3.63, 3.8) is 0 Å². The molecular formula is C35H44I6N6O16. The summed E-state index contributed by atoms with van der Waals surface area (Å²) in [5.41, 5.74) is -1.69. The highest BCUT2D eigenvalue weighted by molar-refractivity contribution is 14.1. The van der Waals surface area contributed by atoms with E-state index in [4.69, 9.17) is 19.7 Å². The van der Waals surface area contributed by atoms with E-state index in [1.54, 1.807) is 136 Å². The molecule has 0 spiro atoms. The van der Waals surface area contributed by atoms with Gasteiger partial charge in [0.05, 0.1) is 86.7 Å². The van der Waals surface area contributed by atoms with E-state index in [9.17, 15) is 59.4 Å². The lowest BCUT2D eigenvalue weighted by Crippen LogP contribution is -2.52. The maximum absolute atomic E-state index is 13.3. The molecule has 28 heteroatoms. The molecule has 0 aromatic heterocycles. The van der Waals surface area contributed by atoms with Crippen LogP contribution >= 0.6 is 136 Å². The highest BCUT2D eigenvalue weighted by Gasteiger charge is 2.34. The number of alkyl halides is 2. The molecule has 2 aromatic rings. The lowest BCUT2D eigenvalue weighted by atomic mass is 9.89. The van der Waals surface area contributed by atoms with Crippen LogP contribution in [0, 0.1) is 19.7 Å². The van der Waals surface area contributed by atoms with Crippen molar-refractivity contribution < 1.29 is 79.1 Å². The van der Waals surface area contributed by atoms with Crippen molar-refractivity contribution in [1.29, 1.82) is 0 Å². The molecule has 0 saturated carbocycles. The molecule has 6 amide bonds. The Hall–Kier alpha value is -1.08. The van der Waals surface area contributed by atoms with E-state index in [-0.39, 0.29) is 87.4 Å². The predicted octanol–water partition coefficient (Wildman–Crippen LogP) is -2.10. The number of amides is 6. The monoisotopic (exact) mass is 1570 g/mol. The summed E-state index contributed by atoms with van der Waals surface area (Å²) in [6.45, 7) is -5.13. The minimum Gasteiger partial charge on any atom is -0.469 e. The first-order chi connectivity index (χ1) is 29.8. The summed E-state index contributed by atoms with van der Waals surface area (Å²) in [6, 6.07) is 2.56. The van der Waals surface area contributed by atoms with Crippen molar-refractivity contribution in [2.75, 3.05) is 78.9 Å².